The van der Waals surface area contributed by atoms with Gasteiger partial charge in [0.2, 0.25) is 0 Å². The maximum Gasteiger partial charge on any atom is 0.407 e. The molecule has 1 heterocycles. The van der Waals surface area contributed by atoms with Gasteiger partial charge in [-0.1, -0.05) is 47.5 Å². The number of likely N-dealkylation sites (tertiary alicyclic amines) is 1. The number of rotatable bonds is 3. The van der Waals surface area contributed by atoms with Gasteiger partial charge in [0.25, 0.3) is 5.91 Å². The predicted molar refractivity (Wildman–Crippen MR) is 106 cm³/mol. The second-order valence-corrected chi connectivity index (χ2v) is 7.46. The minimum absolute atomic E-state index is 0.0885. The van der Waals surface area contributed by atoms with E-state index in [1.165, 1.54) is 4.90 Å². The number of carbonyl (C=O) groups is 2. The van der Waals surface area contributed by atoms with Crippen LogP contribution in [0.5, 0.6) is 0 Å². The van der Waals surface area contributed by atoms with Gasteiger partial charge in [0.15, 0.2) is 0 Å². The monoisotopic (exact) mass is 406 g/mol. The lowest BCUT2D eigenvalue weighted by Gasteiger charge is -2.42. The number of hydrogen-bond donors (Lipinski definition) is 1. The van der Waals surface area contributed by atoms with Gasteiger partial charge in [0, 0.05) is 37.7 Å². The van der Waals surface area contributed by atoms with Crippen LogP contribution in [0, 0.1) is 0 Å². The molecule has 1 saturated heterocycles. The number of nitrogens with zero attached hydrogens (tertiary/aromatic N) is 2. The molecule has 2 aromatic carbocycles. The van der Waals surface area contributed by atoms with Crippen molar-refractivity contribution in [1.82, 2.24) is 9.80 Å². The summed E-state index contributed by atoms with van der Waals surface area (Å²) in [6.45, 7) is 0.675. The van der Waals surface area contributed by atoms with Crippen LogP contribution >= 0.6 is 23.2 Å². The molecular weight excluding hydrogens is 387 g/mol. The zero-order valence-electron chi connectivity index (χ0n) is 14.8. The third kappa shape index (κ3) is 4.20. The normalized spacial score (nSPS) is 19.6. The van der Waals surface area contributed by atoms with Gasteiger partial charge in [0.05, 0.1) is 10.0 Å². The number of carboxylic acid groups (broad SMARTS) is 1. The maximum atomic E-state index is 12.9. The fraction of sp³-hybridized carbons (Fsp3) is 0.300. The van der Waals surface area contributed by atoms with E-state index in [1.807, 2.05) is 24.3 Å². The minimum atomic E-state index is -0.962. The molecule has 0 aromatic heterocycles. The van der Waals surface area contributed by atoms with Gasteiger partial charge in [-0.3, -0.25) is 4.79 Å². The molecule has 0 saturated carbocycles. The first-order valence-electron chi connectivity index (χ1n) is 8.63. The fourth-order valence-electron chi connectivity index (χ4n) is 3.58. The molecule has 1 aliphatic heterocycles. The molecule has 7 heteroatoms. The Morgan fingerprint density at radius 3 is 2.44 bits per heavy atom. The highest BCUT2D eigenvalue weighted by Gasteiger charge is 2.36. The van der Waals surface area contributed by atoms with Crippen LogP contribution in [0.1, 0.15) is 28.3 Å². The van der Waals surface area contributed by atoms with E-state index in [2.05, 4.69) is 0 Å². The lowest BCUT2D eigenvalue weighted by Crippen LogP contribution is -2.51. The standard InChI is InChI=1S/C20H20Cl2N2O3/c1-23(19(25)13-5-3-2-4-6-13)18-9-10-24(20(26)27)12-15(18)14-7-8-16(21)17(22)11-14/h2-8,11,15,18H,9-10,12H2,1H3,(H,26,27). The Hall–Kier alpha value is -2.24. The summed E-state index contributed by atoms with van der Waals surface area (Å²) >= 11 is 12.2. The molecular formula is C20H20Cl2N2O3. The van der Waals surface area contributed by atoms with E-state index < -0.39 is 6.09 Å². The Kier molecular flexibility index (Phi) is 5.92. The summed E-state index contributed by atoms with van der Waals surface area (Å²) in [5, 5.41) is 10.3. The zero-order chi connectivity index (χ0) is 19.6. The number of amides is 2. The summed E-state index contributed by atoms with van der Waals surface area (Å²) in [5.74, 6) is -0.281. The van der Waals surface area contributed by atoms with Crippen molar-refractivity contribution in [2.24, 2.45) is 0 Å². The minimum Gasteiger partial charge on any atom is -0.465 e. The number of halogens is 2. The lowest BCUT2D eigenvalue weighted by atomic mass is 9.85. The van der Waals surface area contributed by atoms with Crippen molar-refractivity contribution in [3.63, 3.8) is 0 Å². The van der Waals surface area contributed by atoms with E-state index in [1.54, 1.807) is 36.2 Å². The van der Waals surface area contributed by atoms with Crippen LogP contribution in [0.2, 0.25) is 10.0 Å². The molecule has 0 radical (unpaired) electrons. The number of piperidine rings is 1. The molecule has 2 amide bonds. The van der Waals surface area contributed by atoms with Crippen molar-refractivity contribution in [2.45, 2.75) is 18.4 Å². The number of benzene rings is 2. The molecule has 2 aromatic rings. The van der Waals surface area contributed by atoms with Crippen LogP contribution in [0.3, 0.4) is 0 Å². The Morgan fingerprint density at radius 1 is 1.11 bits per heavy atom. The Labute approximate surface area is 168 Å². The van der Waals surface area contributed by atoms with Crippen LogP contribution in [-0.4, -0.2) is 53.1 Å². The quantitative estimate of drug-likeness (QED) is 0.809. The lowest BCUT2D eigenvalue weighted by molar-refractivity contribution is 0.0591. The first kappa shape index (κ1) is 19.5. The third-order valence-corrected chi connectivity index (χ3v) is 5.80. The van der Waals surface area contributed by atoms with E-state index >= 15 is 0 Å². The van der Waals surface area contributed by atoms with E-state index in [4.69, 9.17) is 23.2 Å². The summed E-state index contributed by atoms with van der Waals surface area (Å²) in [4.78, 5) is 27.5. The van der Waals surface area contributed by atoms with E-state index in [-0.39, 0.29) is 17.9 Å². The Bertz CT molecular complexity index is 844. The van der Waals surface area contributed by atoms with Gasteiger partial charge in [-0.25, -0.2) is 4.79 Å². The average Bonchev–Trinajstić information content (AvgIpc) is 2.69. The molecule has 5 nitrogen and oxygen atoms in total. The summed E-state index contributed by atoms with van der Waals surface area (Å²) < 4.78 is 0. The molecule has 27 heavy (non-hydrogen) atoms. The van der Waals surface area contributed by atoms with Crippen LogP contribution in [0.25, 0.3) is 0 Å². The van der Waals surface area contributed by atoms with Crippen LogP contribution in [-0.2, 0) is 0 Å². The van der Waals surface area contributed by atoms with E-state index in [0.717, 1.165) is 5.56 Å². The van der Waals surface area contributed by atoms with Crippen molar-refractivity contribution >= 4 is 35.2 Å². The highest BCUT2D eigenvalue weighted by atomic mass is 35.5. The van der Waals surface area contributed by atoms with Gasteiger partial charge in [-0.2, -0.15) is 0 Å². The van der Waals surface area contributed by atoms with Crippen molar-refractivity contribution in [2.75, 3.05) is 20.1 Å². The highest BCUT2D eigenvalue weighted by Crippen LogP contribution is 2.34. The molecule has 0 bridgehead atoms. The second-order valence-electron chi connectivity index (χ2n) is 6.65. The SMILES string of the molecule is CN(C(=O)c1ccccc1)C1CCN(C(=O)O)CC1c1ccc(Cl)c(Cl)c1. The molecule has 1 N–H and O–H groups in total. The molecule has 1 aliphatic rings. The molecule has 1 fully saturated rings. The first-order chi connectivity index (χ1) is 12.9. The van der Waals surface area contributed by atoms with Gasteiger partial charge in [-0.05, 0) is 36.2 Å². The smallest absolute Gasteiger partial charge is 0.407 e. The van der Waals surface area contributed by atoms with Gasteiger partial charge < -0.3 is 14.9 Å². The second kappa shape index (κ2) is 8.19. The Balaban J connectivity index is 1.92. The maximum absolute atomic E-state index is 12.9. The van der Waals surface area contributed by atoms with E-state index in [9.17, 15) is 14.7 Å². The van der Waals surface area contributed by atoms with Crippen molar-refractivity contribution in [1.29, 1.82) is 0 Å². The van der Waals surface area contributed by atoms with Crippen LogP contribution < -0.4 is 0 Å². The molecule has 3 rings (SSSR count). The Morgan fingerprint density at radius 2 is 1.81 bits per heavy atom. The zero-order valence-corrected chi connectivity index (χ0v) is 16.3. The summed E-state index contributed by atoms with van der Waals surface area (Å²) in [7, 11) is 1.76. The molecule has 0 spiro atoms. The number of hydrogen-bond acceptors (Lipinski definition) is 2. The number of likely N-dealkylation sites (N-methyl/N-ethyl adjacent to an activating group) is 1. The highest BCUT2D eigenvalue weighted by molar-refractivity contribution is 6.42. The predicted octanol–water partition coefficient (Wildman–Crippen LogP) is 4.60. The van der Waals surface area contributed by atoms with Crippen LogP contribution in [0.15, 0.2) is 48.5 Å². The van der Waals surface area contributed by atoms with Crippen molar-refractivity contribution in [3.8, 4) is 0 Å². The molecule has 2 atom stereocenters. The molecule has 0 aliphatic carbocycles. The molecule has 2 unspecified atom stereocenters. The fourth-order valence-corrected chi connectivity index (χ4v) is 3.89. The average molecular weight is 407 g/mol. The van der Waals surface area contributed by atoms with Crippen molar-refractivity contribution in [3.05, 3.63) is 69.7 Å². The first-order valence-corrected chi connectivity index (χ1v) is 9.39. The van der Waals surface area contributed by atoms with Crippen LogP contribution in [0.4, 0.5) is 4.79 Å². The van der Waals surface area contributed by atoms with Crippen molar-refractivity contribution < 1.29 is 14.7 Å². The van der Waals surface area contributed by atoms with E-state index in [0.29, 0.717) is 35.1 Å². The van der Waals surface area contributed by atoms with Gasteiger partial charge in [-0.15, -0.1) is 0 Å². The largest absolute Gasteiger partial charge is 0.465 e. The van der Waals surface area contributed by atoms with Gasteiger partial charge >= 0.3 is 6.09 Å². The number of carbonyl (C=O) groups excluding carboxylic acids is 1. The summed E-state index contributed by atoms with van der Waals surface area (Å²) in [6, 6.07) is 14.2. The summed E-state index contributed by atoms with van der Waals surface area (Å²) in [6.07, 6.45) is -0.415. The third-order valence-electron chi connectivity index (χ3n) is 5.06. The summed E-state index contributed by atoms with van der Waals surface area (Å²) in [5.41, 5.74) is 1.47. The molecule has 142 valence electrons. The topological polar surface area (TPSA) is 60.9 Å². The van der Waals surface area contributed by atoms with Gasteiger partial charge in [0.1, 0.15) is 0 Å².